The molecule has 9 rings (SSSR count). The second kappa shape index (κ2) is 20.1. The van der Waals surface area contributed by atoms with Gasteiger partial charge in [0.1, 0.15) is 35.0 Å². The number of nitrogens with zero attached hydrogens (tertiary/aromatic N) is 3. The van der Waals surface area contributed by atoms with Crippen molar-refractivity contribution in [2.24, 2.45) is 5.16 Å². The predicted octanol–water partition coefficient (Wildman–Crippen LogP) is 9.89. The van der Waals surface area contributed by atoms with E-state index in [1.54, 1.807) is 5.38 Å². The highest BCUT2D eigenvalue weighted by Crippen LogP contribution is 2.43. The molecule has 1 fully saturated rings. The molecule has 2 amide bonds. The van der Waals surface area contributed by atoms with E-state index in [4.69, 9.17) is 14.6 Å². The lowest BCUT2D eigenvalue weighted by atomic mass is 9.77. The molecule has 6 aromatic carbocycles. The molecule has 1 aromatic heterocycles. The SMILES string of the molecule is O=C(OC(c1ccccc1)c1ccccc1)C1=C(CI)CS[C@@H]2C(NC(=O)/C(=N/OCc3ccccc3)c3csc(NC(c4ccccc4)(c4ccccc4)c4ccccc4)n3)C(=O)N12. The highest BCUT2D eigenvalue weighted by molar-refractivity contribution is 14.1. The normalized spacial score (nSPS) is 16.1. The molecule has 0 bridgehead atoms. The molecule has 13 heteroatoms. The van der Waals surface area contributed by atoms with Gasteiger partial charge in [-0.15, -0.1) is 23.1 Å². The molecule has 2 N–H and O–H groups in total. The quantitative estimate of drug-likeness (QED) is 0.0187. The number of β-lactam (4-membered cyclic amide) rings is 1. The van der Waals surface area contributed by atoms with Crippen LogP contribution in [-0.2, 0) is 36.1 Å². The Morgan fingerprint density at radius 3 is 1.78 bits per heavy atom. The van der Waals surface area contributed by atoms with Gasteiger partial charge in [0, 0.05) is 15.6 Å². The van der Waals surface area contributed by atoms with Gasteiger partial charge in [-0.3, -0.25) is 14.5 Å². The third-order valence-corrected chi connectivity index (χ3v) is 14.2. The monoisotopic (exact) mass is 1010 g/mol. The van der Waals surface area contributed by atoms with Gasteiger partial charge >= 0.3 is 5.97 Å². The number of aromatic nitrogens is 1. The summed E-state index contributed by atoms with van der Waals surface area (Å²) in [6, 6.07) is 58.1. The van der Waals surface area contributed by atoms with Crippen LogP contribution in [0.3, 0.4) is 0 Å². The summed E-state index contributed by atoms with van der Waals surface area (Å²) in [4.78, 5) is 55.2. The summed E-state index contributed by atoms with van der Waals surface area (Å²) in [5.41, 5.74) is 5.72. The number of carbonyl (C=O) groups excluding carboxylic acids is 3. The zero-order chi connectivity index (χ0) is 44.6. The van der Waals surface area contributed by atoms with Crippen molar-refractivity contribution in [1.29, 1.82) is 0 Å². The predicted molar refractivity (Wildman–Crippen MR) is 264 cm³/mol. The van der Waals surface area contributed by atoms with Gasteiger partial charge in [0.05, 0.1) is 0 Å². The number of thioether (sulfide) groups is 1. The first-order chi connectivity index (χ1) is 31.9. The highest BCUT2D eigenvalue weighted by atomic mass is 127. The number of hydrogen-bond donors (Lipinski definition) is 2. The van der Waals surface area contributed by atoms with E-state index in [2.05, 4.69) is 74.8 Å². The van der Waals surface area contributed by atoms with Crippen LogP contribution in [0.2, 0.25) is 0 Å². The number of oxime groups is 1. The van der Waals surface area contributed by atoms with Crippen molar-refractivity contribution in [3.8, 4) is 0 Å². The van der Waals surface area contributed by atoms with Crippen molar-refractivity contribution in [3.05, 3.63) is 238 Å². The van der Waals surface area contributed by atoms with E-state index in [1.807, 2.05) is 146 Å². The van der Waals surface area contributed by atoms with Crippen LogP contribution in [0, 0.1) is 0 Å². The lowest BCUT2D eigenvalue weighted by Gasteiger charge is -2.49. The third kappa shape index (κ3) is 9.22. The molecule has 3 heterocycles. The Morgan fingerprint density at radius 1 is 0.754 bits per heavy atom. The van der Waals surface area contributed by atoms with Gasteiger partial charge in [0.25, 0.3) is 11.8 Å². The zero-order valence-corrected chi connectivity index (χ0v) is 38.6. The summed E-state index contributed by atoms with van der Waals surface area (Å²) in [6.07, 6.45) is -0.696. The van der Waals surface area contributed by atoms with E-state index < -0.39 is 40.8 Å². The number of ether oxygens (including phenoxy) is 1. The van der Waals surface area contributed by atoms with E-state index in [0.29, 0.717) is 15.3 Å². The second-order valence-electron chi connectivity index (χ2n) is 15.3. The molecule has 7 aromatic rings. The standard InChI is InChI=1S/C52H42IN5O5S2/c53-31-38-33-64-49-44(48(60)58(49)45(38)50(61)63-46(36-21-9-2-10-22-36)37-23-11-3-12-24-37)55-47(59)43(57-62-32-35-19-7-1-8-20-35)42-34-65-51(54-42)56-52(39-25-13-4-14-26-39,40-27-15-5-16-28-40)41-29-17-6-18-30-41/h1-30,34,44,46,49H,31-33H2,(H,54,56)(H,55,59)/b57-43+/t44?,49-/m1/s1. The summed E-state index contributed by atoms with van der Waals surface area (Å²) >= 11 is 5.02. The van der Waals surface area contributed by atoms with Crippen LogP contribution in [0.1, 0.15) is 45.2 Å². The second-order valence-corrected chi connectivity index (χ2v) is 18.0. The molecule has 1 unspecified atom stereocenters. The number of nitrogens with one attached hydrogen (secondary N) is 2. The molecule has 10 nitrogen and oxygen atoms in total. The van der Waals surface area contributed by atoms with Crippen molar-refractivity contribution in [2.45, 2.75) is 29.7 Å². The minimum atomic E-state index is -0.956. The summed E-state index contributed by atoms with van der Waals surface area (Å²) in [5.74, 6) is -1.20. The molecule has 2 aliphatic heterocycles. The molecule has 2 aliphatic rings. The van der Waals surface area contributed by atoms with Gasteiger partial charge in [-0.25, -0.2) is 9.78 Å². The van der Waals surface area contributed by atoms with E-state index >= 15 is 0 Å². The van der Waals surface area contributed by atoms with Gasteiger partial charge in [-0.1, -0.05) is 210 Å². The number of halogens is 1. The average Bonchev–Trinajstić information content (AvgIpc) is 3.84. The maximum absolute atomic E-state index is 14.5. The fourth-order valence-corrected chi connectivity index (χ4v) is 11.2. The van der Waals surface area contributed by atoms with Crippen LogP contribution in [0.4, 0.5) is 5.13 Å². The van der Waals surface area contributed by atoms with E-state index in [1.165, 1.54) is 28.0 Å². The molecular formula is C52H42IN5O5S2. The number of hydrogen-bond acceptors (Lipinski definition) is 10. The number of thiazole rings is 1. The molecule has 2 atom stereocenters. The smallest absolute Gasteiger partial charge is 0.356 e. The number of carbonyl (C=O) groups is 3. The number of fused-ring (bicyclic) bond motifs is 1. The first-order valence-electron chi connectivity index (χ1n) is 20.9. The summed E-state index contributed by atoms with van der Waals surface area (Å²) in [7, 11) is 0. The van der Waals surface area contributed by atoms with E-state index in [0.717, 1.165) is 39.0 Å². The Bertz CT molecular complexity index is 2680. The molecule has 0 saturated carbocycles. The summed E-state index contributed by atoms with van der Waals surface area (Å²) < 4.78 is 6.78. The topological polar surface area (TPSA) is 122 Å². The van der Waals surface area contributed by atoms with Gasteiger partial charge in [0.2, 0.25) is 0 Å². The molecule has 324 valence electrons. The van der Waals surface area contributed by atoms with Crippen molar-refractivity contribution in [2.75, 3.05) is 15.5 Å². The maximum atomic E-state index is 14.5. The highest BCUT2D eigenvalue weighted by Gasteiger charge is 2.55. The lowest BCUT2D eigenvalue weighted by Crippen LogP contribution is -2.71. The fourth-order valence-electron chi connectivity index (χ4n) is 8.06. The van der Waals surface area contributed by atoms with E-state index in [-0.39, 0.29) is 23.7 Å². The van der Waals surface area contributed by atoms with Crippen molar-refractivity contribution in [3.63, 3.8) is 0 Å². The Kier molecular flexibility index (Phi) is 13.5. The number of amides is 2. The van der Waals surface area contributed by atoms with Gasteiger partial charge in [-0.2, -0.15) is 0 Å². The third-order valence-electron chi connectivity index (χ3n) is 11.2. The molecule has 0 aliphatic carbocycles. The van der Waals surface area contributed by atoms with Crippen LogP contribution in [0.25, 0.3) is 0 Å². The number of rotatable bonds is 16. The van der Waals surface area contributed by atoms with Gasteiger partial charge in [0.15, 0.2) is 16.9 Å². The Balaban J connectivity index is 0.999. The largest absolute Gasteiger partial charge is 0.448 e. The molecule has 65 heavy (non-hydrogen) atoms. The number of benzene rings is 6. The first-order valence-corrected chi connectivity index (χ1v) is 24.4. The minimum absolute atomic E-state index is 0.0984. The van der Waals surface area contributed by atoms with Crippen LogP contribution < -0.4 is 10.6 Å². The van der Waals surface area contributed by atoms with Gasteiger partial charge in [-0.05, 0) is 39.0 Å². The van der Waals surface area contributed by atoms with E-state index in [9.17, 15) is 14.4 Å². The molecule has 0 spiro atoms. The lowest BCUT2D eigenvalue weighted by molar-refractivity contribution is -0.154. The van der Waals surface area contributed by atoms with Crippen molar-refractivity contribution in [1.82, 2.24) is 15.2 Å². The Hall–Kier alpha value is -6.55. The minimum Gasteiger partial charge on any atom is -0.448 e. The number of esters is 1. The average molecular weight is 1010 g/mol. The zero-order valence-electron chi connectivity index (χ0n) is 34.8. The number of alkyl halides is 1. The summed E-state index contributed by atoms with van der Waals surface area (Å²) in [6.45, 7) is 0.100. The summed E-state index contributed by atoms with van der Waals surface area (Å²) in [5, 5.41) is 12.8. The molecular weight excluding hydrogens is 966 g/mol. The van der Waals surface area contributed by atoms with Crippen molar-refractivity contribution >= 4 is 74.3 Å². The molecule has 1 saturated heterocycles. The number of anilines is 1. The Morgan fingerprint density at radius 2 is 1.26 bits per heavy atom. The van der Waals surface area contributed by atoms with Crippen molar-refractivity contribution < 1.29 is 24.0 Å². The first kappa shape index (κ1) is 43.7. The fraction of sp³-hybridized carbons (Fsp3) is 0.135. The van der Waals surface area contributed by atoms with Crippen LogP contribution in [0.15, 0.2) is 204 Å². The molecule has 0 radical (unpaired) electrons. The van der Waals surface area contributed by atoms with Gasteiger partial charge < -0.3 is 20.2 Å². The van der Waals surface area contributed by atoms with Crippen LogP contribution >= 0.6 is 45.7 Å². The maximum Gasteiger partial charge on any atom is 0.356 e. The Labute approximate surface area is 398 Å². The van der Waals surface area contributed by atoms with Crippen LogP contribution in [-0.4, -0.2) is 55.0 Å². The van der Waals surface area contributed by atoms with Crippen LogP contribution in [0.5, 0.6) is 0 Å².